The number of hydrogen-bond acceptors (Lipinski definition) is 5. The molecule has 2 heterocycles. The van der Waals surface area contributed by atoms with Gasteiger partial charge in [-0.2, -0.15) is 10.1 Å². The van der Waals surface area contributed by atoms with Crippen molar-refractivity contribution in [3.05, 3.63) is 52.2 Å². The van der Waals surface area contributed by atoms with E-state index < -0.39 is 35.8 Å². The molecule has 0 aliphatic heterocycles. The summed E-state index contributed by atoms with van der Waals surface area (Å²) in [4.78, 5) is 15.5. The zero-order valence-corrected chi connectivity index (χ0v) is 15.0. The molecule has 2 N–H and O–H groups in total. The van der Waals surface area contributed by atoms with Gasteiger partial charge in [-0.15, -0.1) is 0 Å². The van der Waals surface area contributed by atoms with E-state index in [1.807, 2.05) is 0 Å². The van der Waals surface area contributed by atoms with Crippen molar-refractivity contribution in [1.82, 2.24) is 19.9 Å². The number of benzene rings is 1. The lowest BCUT2D eigenvalue weighted by molar-refractivity contribution is -0.118. The second-order valence-electron chi connectivity index (χ2n) is 6.51. The molecule has 11 heteroatoms. The number of nitrogens with two attached hydrogens (primary N) is 1. The third-order valence-corrected chi connectivity index (χ3v) is 4.91. The maximum Gasteiger partial charge on any atom is 0.282 e. The van der Waals surface area contributed by atoms with Crippen LogP contribution in [0.2, 0.25) is 5.02 Å². The Hall–Kier alpha value is -2.88. The molecule has 3 aromatic rings. The van der Waals surface area contributed by atoms with Crippen LogP contribution in [-0.2, 0) is 16.8 Å². The molecule has 146 valence electrons. The summed E-state index contributed by atoms with van der Waals surface area (Å²) < 4.78 is 45.6. The van der Waals surface area contributed by atoms with Gasteiger partial charge in [0, 0.05) is 5.02 Å². The Morgan fingerprint density at radius 2 is 2.11 bits per heavy atom. The molecule has 1 amide bonds. The minimum atomic E-state index is -2.84. The molecule has 28 heavy (non-hydrogen) atoms. The quantitative estimate of drug-likeness (QED) is 0.671. The van der Waals surface area contributed by atoms with Gasteiger partial charge in [-0.05, 0) is 36.6 Å². The molecule has 4 rings (SSSR count). The lowest BCUT2D eigenvalue weighted by Gasteiger charge is -2.12. The van der Waals surface area contributed by atoms with E-state index in [0.717, 1.165) is 10.7 Å². The third kappa shape index (κ3) is 3.13. The van der Waals surface area contributed by atoms with E-state index in [1.54, 1.807) is 6.07 Å². The van der Waals surface area contributed by atoms with Crippen molar-refractivity contribution in [3.8, 4) is 11.6 Å². The number of amides is 1. The molecular weight excluding hydrogens is 399 g/mol. The number of nitrogens with zero attached hydrogens (tertiary/aromatic N) is 4. The first kappa shape index (κ1) is 18.5. The van der Waals surface area contributed by atoms with Crippen molar-refractivity contribution in [1.29, 1.82) is 0 Å². The van der Waals surface area contributed by atoms with Crippen molar-refractivity contribution in [3.63, 3.8) is 0 Å². The van der Waals surface area contributed by atoms with Crippen LogP contribution in [0.25, 0.3) is 11.6 Å². The van der Waals surface area contributed by atoms with Crippen LogP contribution < -0.4 is 5.73 Å². The number of rotatable bonds is 6. The minimum Gasteiger partial charge on any atom is -0.368 e. The van der Waals surface area contributed by atoms with Gasteiger partial charge in [0.25, 0.3) is 12.3 Å². The third-order valence-electron chi connectivity index (χ3n) is 4.60. The Kier molecular flexibility index (Phi) is 4.37. The maximum absolute atomic E-state index is 13.4. The Labute approximate surface area is 161 Å². The summed E-state index contributed by atoms with van der Waals surface area (Å²) in [5.74, 6) is -1.02. The molecule has 2 aromatic heterocycles. The summed E-state index contributed by atoms with van der Waals surface area (Å²) >= 11 is 6.17. The highest BCUT2D eigenvalue weighted by molar-refractivity contribution is 6.31. The summed E-state index contributed by atoms with van der Waals surface area (Å²) in [5, 5.41) is 7.87. The number of carbonyl (C=O) groups is 1. The van der Waals surface area contributed by atoms with E-state index in [-0.39, 0.29) is 16.6 Å². The van der Waals surface area contributed by atoms with Crippen molar-refractivity contribution >= 4 is 17.5 Å². The highest BCUT2D eigenvalue weighted by Crippen LogP contribution is 2.54. The first-order valence-electron chi connectivity index (χ1n) is 8.24. The fourth-order valence-electron chi connectivity index (χ4n) is 3.12. The standard InChI is InChI=1S/C17H13ClF3N5O2/c18-10-5-8(19)1-2-9(10)17(3-4-17)16-23-15(28-25-16)12-6-11(14(20)21)24-26(12)7-13(22)27/h1-2,5-6,14H,3-4,7H2,(H2,22,27). The fourth-order valence-corrected chi connectivity index (χ4v) is 3.47. The average Bonchev–Trinajstić information content (AvgIpc) is 3.07. The molecule has 0 spiro atoms. The van der Waals surface area contributed by atoms with Crippen molar-refractivity contribution in [2.45, 2.75) is 31.2 Å². The lowest BCUT2D eigenvalue weighted by Crippen LogP contribution is -2.20. The van der Waals surface area contributed by atoms with Gasteiger partial charge < -0.3 is 10.3 Å². The normalized spacial score (nSPS) is 15.2. The van der Waals surface area contributed by atoms with Crippen LogP contribution in [0.3, 0.4) is 0 Å². The van der Waals surface area contributed by atoms with Crippen LogP contribution in [0.5, 0.6) is 0 Å². The number of primary amides is 1. The van der Waals surface area contributed by atoms with E-state index >= 15 is 0 Å². The summed E-state index contributed by atoms with van der Waals surface area (Å²) in [6, 6.07) is 5.12. The number of halogens is 4. The first-order chi connectivity index (χ1) is 13.3. The Morgan fingerprint density at radius 1 is 1.36 bits per heavy atom. The SMILES string of the molecule is NC(=O)Cn1nc(C(F)F)cc1-c1nc(C2(c3ccc(F)cc3Cl)CC2)no1. The number of carbonyl (C=O) groups excluding carboxylic acids is 1. The Morgan fingerprint density at radius 3 is 2.71 bits per heavy atom. The molecule has 0 unspecified atom stereocenters. The highest BCUT2D eigenvalue weighted by Gasteiger charge is 2.51. The topological polar surface area (TPSA) is 99.8 Å². The van der Waals surface area contributed by atoms with Gasteiger partial charge in [0.15, 0.2) is 5.82 Å². The van der Waals surface area contributed by atoms with Crippen LogP contribution in [0, 0.1) is 5.82 Å². The van der Waals surface area contributed by atoms with Gasteiger partial charge in [0.05, 0.1) is 5.41 Å². The largest absolute Gasteiger partial charge is 0.368 e. The van der Waals surface area contributed by atoms with Crippen LogP contribution in [0.1, 0.15) is 36.3 Å². The number of aromatic nitrogens is 4. The molecule has 0 radical (unpaired) electrons. The zero-order chi connectivity index (χ0) is 20.1. The highest BCUT2D eigenvalue weighted by atomic mass is 35.5. The molecule has 1 aliphatic carbocycles. The van der Waals surface area contributed by atoms with Crippen LogP contribution in [-0.4, -0.2) is 25.8 Å². The summed E-state index contributed by atoms with van der Waals surface area (Å²) in [5.41, 5.74) is 4.68. The van der Waals surface area contributed by atoms with Gasteiger partial charge in [0.2, 0.25) is 5.91 Å². The second-order valence-corrected chi connectivity index (χ2v) is 6.92. The van der Waals surface area contributed by atoms with Gasteiger partial charge in [-0.3, -0.25) is 4.79 Å². The van der Waals surface area contributed by atoms with E-state index in [1.165, 1.54) is 12.1 Å². The Bertz CT molecular complexity index is 1060. The number of hydrogen-bond donors (Lipinski definition) is 1. The predicted octanol–water partition coefficient (Wildman–Crippen LogP) is 3.23. The van der Waals surface area contributed by atoms with E-state index in [2.05, 4.69) is 15.2 Å². The van der Waals surface area contributed by atoms with Gasteiger partial charge in [0.1, 0.15) is 23.7 Å². The lowest BCUT2D eigenvalue weighted by atomic mass is 9.95. The molecule has 0 atom stereocenters. The summed E-state index contributed by atoms with van der Waals surface area (Å²) in [6.07, 6.45) is -1.51. The predicted molar refractivity (Wildman–Crippen MR) is 91.1 cm³/mol. The molecule has 1 aromatic carbocycles. The molecule has 0 bridgehead atoms. The average molecular weight is 412 g/mol. The maximum atomic E-state index is 13.4. The zero-order valence-electron chi connectivity index (χ0n) is 14.2. The van der Waals surface area contributed by atoms with Crippen LogP contribution in [0.15, 0.2) is 28.8 Å². The van der Waals surface area contributed by atoms with Gasteiger partial charge in [-0.25, -0.2) is 17.9 Å². The fraction of sp³-hybridized carbons (Fsp3) is 0.294. The van der Waals surface area contributed by atoms with Crippen molar-refractivity contribution < 1.29 is 22.5 Å². The minimum absolute atomic E-state index is 0.0499. The second kappa shape index (κ2) is 6.62. The van der Waals surface area contributed by atoms with Gasteiger partial charge >= 0.3 is 0 Å². The van der Waals surface area contributed by atoms with Crippen LogP contribution >= 0.6 is 11.6 Å². The molecule has 1 saturated carbocycles. The molecule has 1 aliphatic rings. The monoisotopic (exact) mass is 411 g/mol. The van der Waals surface area contributed by atoms with E-state index in [0.29, 0.717) is 24.2 Å². The molecule has 7 nitrogen and oxygen atoms in total. The Balaban J connectivity index is 1.73. The van der Waals surface area contributed by atoms with Gasteiger partial charge in [-0.1, -0.05) is 22.8 Å². The summed E-state index contributed by atoms with van der Waals surface area (Å²) in [6.45, 7) is -0.422. The molecular formula is C17H13ClF3N5O2. The van der Waals surface area contributed by atoms with Crippen molar-refractivity contribution in [2.24, 2.45) is 5.73 Å². The first-order valence-corrected chi connectivity index (χ1v) is 8.62. The van der Waals surface area contributed by atoms with Crippen LogP contribution in [0.4, 0.5) is 13.2 Å². The smallest absolute Gasteiger partial charge is 0.282 e. The molecule has 0 saturated heterocycles. The number of alkyl halides is 2. The van der Waals surface area contributed by atoms with Crippen molar-refractivity contribution in [2.75, 3.05) is 0 Å². The summed E-state index contributed by atoms with van der Waals surface area (Å²) in [7, 11) is 0. The van der Waals surface area contributed by atoms with E-state index in [4.69, 9.17) is 21.9 Å². The van der Waals surface area contributed by atoms with E-state index in [9.17, 15) is 18.0 Å². The molecule has 1 fully saturated rings.